The Morgan fingerprint density at radius 3 is 2.77 bits per heavy atom. The first-order chi connectivity index (χ1) is 19.0. The minimum absolute atomic E-state index is 0. The van der Waals surface area contributed by atoms with Crippen LogP contribution in [0.1, 0.15) is 41.8 Å². The molecule has 1 saturated carbocycles. The number of alkyl halides is 2. The number of nitrogens with two attached hydrogens (primary N) is 1. The molecular weight excluding hydrogens is 536 g/mol. The van der Waals surface area contributed by atoms with Gasteiger partial charge < -0.3 is 20.1 Å². The van der Waals surface area contributed by atoms with E-state index >= 15 is 0 Å². The zero-order valence-corrected chi connectivity index (χ0v) is 22.6. The fourth-order valence-corrected chi connectivity index (χ4v) is 4.62. The number of carbonyl (C=O) groups is 1. The molecule has 0 spiro atoms. The van der Waals surface area contributed by atoms with Gasteiger partial charge in [-0.1, -0.05) is 31.1 Å². The average molecular weight is 574 g/mol. The number of morpholine rings is 1. The van der Waals surface area contributed by atoms with E-state index in [1.165, 1.54) is 31.1 Å². The van der Waals surface area contributed by atoms with E-state index in [-0.39, 0.29) is 24.6 Å². The molecule has 1 aromatic carbocycles. The Kier molecular flexibility index (Phi) is 12.3. The molecule has 8 nitrogen and oxygen atoms in total. The monoisotopic (exact) mass is 573 g/mol. The zero-order valence-electron chi connectivity index (χ0n) is 21.8. The van der Waals surface area contributed by atoms with Crippen LogP contribution in [0.4, 0.5) is 8.78 Å². The molecule has 1 aliphatic carbocycles. The molecule has 0 radical (unpaired) electrons. The van der Waals surface area contributed by atoms with E-state index in [1.807, 2.05) is 0 Å². The number of halogens is 2. The number of methoxy groups -OCH3 is 1. The second kappa shape index (κ2) is 15.7. The maximum Gasteiger partial charge on any atom is 0.261 e. The van der Waals surface area contributed by atoms with Crippen molar-refractivity contribution in [2.75, 3.05) is 45.8 Å². The van der Waals surface area contributed by atoms with Crippen LogP contribution in [0.5, 0.6) is 0 Å². The number of benzene rings is 1. The summed E-state index contributed by atoms with van der Waals surface area (Å²) in [6, 6.07) is 3.94. The quantitative estimate of drug-likeness (QED) is 0.155. The third kappa shape index (κ3) is 8.98. The predicted molar refractivity (Wildman–Crippen MR) is 155 cm³/mol. The summed E-state index contributed by atoms with van der Waals surface area (Å²) in [4.78, 5) is 15.5. The first-order valence-corrected chi connectivity index (χ1v) is 13.8. The fraction of sp³-hybridized carbons (Fsp3) is 0.483. The normalized spacial score (nSPS) is 19.4. The van der Waals surface area contributed by atoms with Crippen LogP contribution in [0.25, 0.3) is 5.57 Å². The first kappa shape index (κ1) is 31.5. The number of hydrogen-bond donors (Lipinski definition) is 4. The van der Waals surface area contributed by atoms with Gasteiger partial charge in [0.25, 0.3) is 12.3 Å². The molecule has 2 aliphatic heterocycles. The molecule has 4 rings (SSSR count). The molecule has 2 fully saturated rings. The van der Waals surface area contributed by atoms with Crippen LogP contribution < -0.4 is 21.9 Å². The highest BCUT2D eigenvalue weighted by Crippen LogP contribution is 2.31. The lowest BCUT2D eigenvalue weighted by Crippen LogP contribution is -2.36. The van der Waals surface area contributed by atoms with Gasteiger partial charge >= 0.3 is 0 Å². The van der Waals surface area contributed by atoms with Gasteiger partial charge in [-0.2, -0.15) is 0 Å². The van der Waals surface area contributed by atoms with Gasteiger partial charge in [-0.3, -0.25) is 15.5 Å². The van der Waals surface area contributed by atoms with E-state index in [9.17, 15) is 13.6 Å². The first-order valence-electron chi connectivity index (χ1n) is 12.8. The molecule has 2 atom stereocenters. The van der Waals surface area contributed by atoms with Crippen molar-refractivity contribution in [1.29, 1.82) is 0 Å². The lowest BCUT2D eigenvalue weighted by Gasteiger charge is -2.24. The van der Waals surface area contributed by atoms with Gasteiger partial charge in [-0.15, -0.1) is 11.8 Å². The van der Waals surface area contributed by atoms with Crippen LogP contribution in [-0.2, 0) is 9.47 Å². The van der Waals surface area contributed by atoms with Crippen LogP contribution in [-0.4, -0.2) is 74.5 Å². The number of hydrogen-bond acceptors (Lipinski definition) is 8. The van der Waals surface area contributed by atoms with Crippen LogP contribution in [0.15, 0.2) is 36.2 Å². The maximum atomic E-state index is 13.6. The molecule has 11 heteroatoms. The van der Waals surface area contributed by atoms with Crippen molar-refractivity contribution in [3.8, 4) is 23.7 Å². The maximum absolute atomic E-state index is 13.6. The van der Waals surface area contributed by atoms with E-state index in [2.05, 4.69) is 44.6 Å². The standard InChI is InChI=1S/C28H33F2N5O3S.CH4/c1-37-25-17-32-24(27(29)30)16-23(25)22-15-20(3-2-10-35-11-13-38-14-12-35)6-8-21(22)28(36)33-18-39-26(34-31)9-7-19-4-5-19;/h6,8,15-17,19,24,26-27,32,34H,4-5,10-14,18,31H2,1H3,(H,33,36);1H4. The largest absolute Gasteiger partial charge is 0.495 e. The van der Waals surface area contributed by atoms with Crippen molar-refractivity contribution >= 4 is 23.2 Å². The van der Waals surface area contributed by atoms with Crippen molar-refractivity contribution in [1.82, 2.24) is 21.0 Å². The molecule has 0 aromatic heterocycles. The third-order valence-electron chi connectivity index (χ3n) is 6.33. The van der Waals surface area contributed by atoms with Crippen molar-refractivity contribution in [3.63, 3.8) is 0 Å². The Hall–Kier alpha value is -3.06. The summed E-state index contributed by atoms with van der Waals surface area (Å²) in [5.41, 5.74) is 4.48. The van der Waals surface area contributed by atoms with E-state index in [0.29, 0.717) is 53.7 Å². The molecule has 0 bridgehead atoms. The smallest absolute Gasteiger partial charge is 0.261 e. The number of rotatable bonds is 9. The number of ether oxygens (including phenoxy) is 2. The van der Waals surface area contributed by atoms with Crippen molar-refractivity contribution in [3.05, 3.63) is 52.9 Å². The molecule has 2 unspecified atom stereocenters. The molecule has 1 aromatic rings. The predicted octanol–water partition coefficient (Wildman–Crippen LogP) is 2.74. The van der Waals surface area contributed by atoms with Gasteiger partial charge in [-0.05, 0) is 42.7 Å². The van der Waals surface area contributed by atoms with E-state index in [0.717, 1.165) is 25.9 Å². The lowest BCUT2D eigenvalue weighted by molar-refractivity contribution is 0.0443. The Morgan fingerprint density at radius 1 is 1.32 bits per heavy atom. The summed E-state index contributed by atoms with van der Waals surface area (Å²) in [7, 11) is 1.45. The number of allylic oxidation sites excluding steroid dienone is 1. The molecule has 2 heterocycles. The number of amides is 1. The van der Waals surface area contributed by atoms with Gasteiger partial charge in [0.2, 0.25) is 0 Å². The number of thioether (sulfide) groups is 1. The van der Waals surface area contributed by atoms with Gasteiger partial charge in [0, 0.05) is 41.9 Å². The Labute approximate surface area is 239 Å². The summed E-state index contributed by atoms with van der Waals surface area (Å²) in [6.45, 7) is 3.59. The van der Waals surface area contributed by atoms with Crippen LogP contribution in [0.3, 0.4) is 0 Å². The zero-order chi connectivity index (χ0) is 27.6. The summed E-state index contributed by atoms with van der Waals surface area (Å²) < 4.78 is 38.0. The topological polar surface area (TPSA) is 101 Å². The Morgan fingerprint density at radius 2 is 2.10 bits per heavy atom. The molecule has 1 amide bonds. The molecule has 5 N–H and O–H groups in total. The highest BCUT2D eigenvalue weighted by atomic mass is 32.2. The lowest BCUT2D eigenvalue weighted by atomic mass is 9.92. The van der Waals surface area contributed by atoms with Gasteiger partial charge in [0.15, 0.2) is 0 Å². The highest BCUT2D eigenvalue weighted by Gasteiger charge is 2.26. The second-order valence-corrected chi connectivity index (χ2v) is 10.3. The molecule has 1 saturated heterocycles. The second-order valence-electron chi connectivity index (χ2n) is 9.20. The summed E-state index contributed by atoms with van der Waals surface area (Å²) >= 11 is 1.36. The summed E-state index contributed by atoms with van der Waals surface area (Å²) in [5, 5.41) is 5.19. The number of hydrazine groups is 1. The minimum atomic E-state index is -2.64. The van der Waals surface area contributed by atoms with E-state index in [1.54, 1.807) is 18.2 Å². The minimum Gasteiger partial charge on any atom is -0.495 e. The molecule has 216 valence electrons. The summed E-state index contributed by atoms with van der Waals surface area (Å²) in [5.74, 6) is 18.8. The molecule has 3 aliphatic rings. The number of dihydropyridines is 1. The molecule has 40 heavy (non-hydrogen) atoms. The molecular formula is C29H37F2N5O3S. The Balaban J connectivity index is 0.00000441. The van der Waals surface area contributed by atoms with Crippen LogP contribution in [0, 0.1) is 29.6 Å². The Bertz CT molecular complexity index is 1210. The van der Waals surface area contributed by atoms with E-state index < -0.39 is 12.5 Å². The van der Waals surface area contributed by atoms with Crippen LogP contribution >= 0.6 is 11.8 Å². The number of nitrogens with one attached hydrogen (secondary N) is 3. The van der Waals surface area contributed by atoms with Crippen molar-refractivity contribution in [2.24, 2.45) is 11.8 Å². The number of carbonyl (C=O) groups excluding carboxylic acids is 1. The summed E-state index contributed by atoms with van der Waals surface area (Å²) in [6.07, 6.45) is 2.36. The third-order valence-corrected chi connectivity index (χ3v) is 7.23. The number of nitrogens with zero attached hydrogens (tertiary/aromatic N) is 1. The van der Waals surface area contributed by atoms with Gasteiger partial charge in [0.1, 0.15) is 17.2 Å². The van der Waals surface area contributed by atoms with Crippen molar-refractivity contribution < 1.29 is 23.0 Å². The highest BCUT2D eigenvalue weighted by molar-refractivity contribution is 8.00. The average Bonchev–Trinajstić information content (AvgIpc) is 3.79. The SMILES string of the molecule is C.COC1=CNC(C(F)F)C=C1c1cc(C#CCN2CCOCC2)ccc1C(=O)NCSC(C#CC1CC1)NN. The fourth-order valence-electron chi connectivity index (χ4n) is 3.99. The van der Waals surface area contributed by atoms with Crippen LogP contribution in [0.2, 0.25) is 0 Å². The van der Waals surface area contributed by atoms with E-state index in [4.69, 9.17) is 15.3 Å². The van der Waals surface area contributed by atoms with Crippen molar-refractivity contribution in [2.45, 2.75) is 38.1 Å². The van der Waals surface area contributed by atoms with Gasteiger partial charge in [0.05, 0.1) is 32.7 Å². The van der Waals surface area contributed by atoms with Gasteiger partial charge in [-0.25, -0.2) is 14.2 Å².